The summed E-state index contributed by atoms with van der Waals surface area (Å²) in [6, 6.07) is 8.79. The molecule has 8 nitrogen and oxygen atoms in total. The second-order valence-electron chi connectivity index (χ2n) is 7.52. The Labute approximate surface area is 201 Å². The van der Waals surface area contributed by atoms with Crippen LogP contribution >= 0.6 is 15.9 Å². The first-order valence-corrected chi connectivity index (χ1v) is 11.1. The van der Waals surface area contributed by atoms with Crippen LogP contribution in [0, 0.1) is 10.1 Å². The minimum absolute atomic E-state index is 0.0769. The number of piperidine rings is 1. The van der Waals surface area contributed by atoms with Gasteiger partial charge in [-0.1, -0.05) is 6.07 Å². The number of carbonyl (C=O) groups excluding carboxylic acids is 1. The molecule has 2 aromatic rings. The highest BCUT2D eigenvalue weighted by molar-refractivity contribution is 9.12. The molecule has 0 saturated carbocycles. The molecule has 1 amide bonds. The van der Waals surface area contributed by atoms with Gasteiger partial charge in [0, 0.05) is 36.7 Å². The third-order valence-corrected chi connectivity index (χ3v) is 5.79. The van der Waals surface area contributed by atoms with Crippen LogP contribution in [0.15, 0.2) is 58.1 Å². The number of amides is 1. The minimum atomic E-state index is -4.50. The predicted molar refractivity (Wildman–Crippen MR) is 127 cm³/mol. The average molecular weight is 540 g/mol. The second-order valence-corrected chi connectivity index (χ2v) is 8.38. The number of benzene rings is 2. The lowest BCUT2D eigenvalue weighted by atomic mass is 10.1. The summed E-state index contributed by atoms with van der Waals surface area (Å²) in [6.45, 7) is 1.57. The molecule has 12 heteroatoms. The Hall–Kier alpha value is -3.41. The highest BCUT2D eigenvalue weighted by Crippen LogP contribution is 2.31. The van der Waals surface area contributed by atoms with Crippen molar-refractivity contribution in [2.75, 3.05) is 23.3 Å². The number of halogens is 4. The first-order valence-electron chi connectivity index (χ1n) is 10.3. The summed E-state index contributed by atoms with van der Waals surface area (Å²) < 4.78 is 38.6. The van der Waals surface area contributed by atoms with E-state index in [4.69, 9.17) is 5.73 Å². The van der Waals surface area contributed by atoms with Crippen molar-refractivity contribution in [2.24, 2.45) is 10.7 Å². The summed E-state index contributed by atoms with van der Waals surface area (Å²) in [7, 11) is 0. The minimum Gasteiger partial charge on any atom is -0.383 e. The molecule has 0 radical (unpaired) electrons. The van der Waals surface area contributed by atoms with E-state index in [1.54, 1.807) is 6.07 Å². The smallest absolute Gasteiger partial charge is 0.383 e. The Balaban J connectivity index is 1.81. The summed E-state index contributed by atoms with van der Waals surface area (Å²) in [5.74, 6) is -1.21. The summed E-state index contributed by atoms with van der Waals surface area (Å²) in [5.41, 5.74) is 5.22. The van der Waals surface area contributed by atoms with Crippen LogP contribution in [0.25, 0.3) is 0 Å². The number of rotatable bonds is 6. The highest BCUT2D eigenvalue weighted by atomic mass is 79.9. The van der Waals surface area contributed by atoms with Gasteiger partial charge in [0.1, 0.15) is 11.4 Å². The predicted octanol–water partition coefficient (Wildman–Crippen LogP) is 5.45. The normalized spacial score (nSPS) is 15.2. The molecular formula is C22H21BrF3N5O3. The topological polar surface area (TPSA) is 114 Å². The number of nitro benzene ring substituents is 1. The fourth-order valence-electron chi connectivity index (χ4n) is 3.43. The van der Waals surface area contributed by atoms with Crippen LogP contribution < -0.4 is 16.0 Å². The maximum absolute atomic E-state index is 12.9. The lowest BCUT2D eigenvalue weighted by Gasteiger charge is -2.28. The van der Waals surface area contributed by atoms with Gasteiger partial charge in [-0.25, -0.2) is 0 Å². The Morgan fingerprint density at radius 3 is 2.53 bits per heavy atom. The van der Waals surface area contributed by atoms with Gasteiger partial charge >= 0.3 is 6.18 Å². The average Bonchev–Trinajstić information content (AvgIpc) is 2.82. The number of anilines is 2. The van der Waals surface area contributed by atoms with Gasteiger partial charge in [-0.2, -0.15) is 18.2 Å². The lowest BCUT2D eigenvalue weighted by Crippen LogP contribution is -2.29. The van der Waals surface area contributed by atoms with E-state index in [0.717, 1.165) is 44.5 Å². The molecule has 3 N–H and O–H groups in total. The summed E-state index contributed by atoms with van der Waals surface area (Å²) in [5, 5.41) is 14.1. The number of nitrogens with zero attached hydrogens (tertiary/aromatic N) is 3. The number of hydrogen-bond donors (Lipinski definition) is 2. The number of carbonyl (C=O) groups is 1. The zero-order chi connectivity index (χ0) is 24.9. The van der Waals surface area contributed by atoms with Crippen molar-refractivity contribution in [3.63, 3.8) is 0 Å². The van der Waals surface area contributed by atoms with Crippen LogP contribution in [0.2, 0.25) is 0 Å². The van der Waals surface area contributed by atoms with Crippen molar-refractivity contribution in [2.45, 2.75) is 25.4 Å². The number of amidine groups is 1. The molecule has 1 aliphatic heterocycles. The first kappa shape index (κ1) is 25.2. The molecule has 0 aromatic heterocycles. The fraction of sp³-hybridized carbons (Fsp3) is 0.273. The van der Waals surface area contributed by atoms with Crippen LogP contribution in [0.5, 0.6) is 0 Å². The molecule has 1 fully saturated rings. The molecule has 1 saturated heterocycles. The molecule has 1 aliphatic rings. The zero-order valence-corrected chi connectivity index (χ0v) is 19.4. The number of nitro groups is 1. The third kappa shape index (κ3) is 6.34. The van der Waals surface area contributed by atoms with E-state index >= 15 is 0 Å². The van der Waals surface area contributed by atoms with Gasteiger partial charge in [-0.3, -0.25) is 14.9 Å². The highest BCUT2D eigenvalue weighted by Gasteiger charge is 2.30. The molecule has 0 unspecified atom stereocenters. The quantitative estimate of drug-likeness (QED) is 0.218. The number of hydrogen-bond acceptors (Lipinski definition) is 5. The van der Waals surface area contributed by atoms with Crippen molar-refractivity contribution in [3.8, 4) is 0 Å². The maximum atomic E-state index is 12.9. The molecular weight excluding hydrogens is 519 g/mol. The molecule has 34 heavy (non-hydrogen) atoms. The van der Waals surface area contributed by atoms with Crippen molar-refractivity contribution in [1.29, 1.82) is 0 Å². The summed E-state index contributed by atoms with van der Waals surface area (Å²) in [4.78, 5) is 29.3. The van der Waals surface area contributed by atoms with Gasteiger partial charge < -0.3 is 16.0 Å². The summed E-state index contributed by atoms with van der Waals surface area (Å²) in [6.07, 6.45) is -0.196. The van der Waals surface area contributed by atoms with Gasteiger partial charge in [0.05, 0.1) is 15.0 Å². The van der Waals surface area contributed by atoms with Gasteiger partial charge in [-0.15, -0.1) is 0 Å². The monoisotopic (exact) mass is 539 g/mol. The van der Waals surface area contributed by atoms with Crippen LogP contribution in [-0.2, 0) is 6.18 Å². The molecule has 0 aliphatic carbocycles. The molecule has 0 spiro atoms. The van der Waals surface area contributed by atoms with E-state index in [9.17, 15) is 28.1 Å². The van der Waals surface area contributed by atoms with Crippen molar-refractivity contribution in [3.05, 3.63) is 74.4 Å². The number of aliphatic imine (C=N–C) groups is 1. The zero-order valence-electron chi connectivity index (χ0n) is 17.8. The van der Waals surface area contributed by atoms with Gasteiger partial charge in [0.2, 0.25) is 0 Å². The Morgan fingerprint density at radius 2 is 1.88 bits per heavy atom. The Kier molecular flexibility index (Phi) is 7.92. The first-order chi connectivity index (χ1) is 16.1. The molecule has 180 valence electrons. The second kappa shape index (κ2) is 10.7. The SMILES string of the molecule is NC(=NC(=O)c1cc(N2CCCCC2)ccc1[N+](=O)[O-])/C(Br)=C\Nc1cccc(C(F)(F)F)c1. The van der Waals surface area contributed by atoms with E-state index in [-0.39, 0.29) is 21.6 Å². The Bertz CT molecular complexity index is 1140. The largest absolute Gasteiger partial charge is 0.416 e. The molecule has 3 rings (SSSR count). The van der Waals surface area contributed by atoms with Crippen LogP contribution in [0.3, 0.4) is 0 Å². The fourth-order valence-corrected chi connectivity index (χ4v) is 3.64. The van der Waals surface area contributed by atoms with Crippen molar-refractivity contribution < 1.29 is 22.9 Å². The van der Waals surface area contributed by atoms with E-state index < -0.39 is 28.3 Å². The van der Waals surface area contributed by atoms with Crippen molar-refractivity contribution >= 4 is 44.7 Å². The maximum Gasteiger partial charge on any atom is 0.416 e. The van der Waals surface area contributed by atoms with Crippen molar-refractivity contribution in [1.82, 2.24) is 0 Å². The molecule has 0 bridgehead atoms. The van der Waals surface area contributed by atoms with E-state index in [1.165, 1.54) is 30.5 Å². The van der Waals surface area contributed by atoms with Crippen LogP contribution in [0.1, 0.15) is 35.2 Å². The number of nitrogens with one attached hydrogen (secondary N) is 1. The van der Waals surface area contributed by atoms with Gasteiger partial charge in [-0.05, 0) is 65.5 Å². The number of nitrogens with two attached hydrogens (primary N) is 1. The van der Waals surface area contributed by atoms with E-state index in [1.807, 2.05) is 4.90 Å². The van der Waals surface area contributed by atoms with Gasteiger partial charge in [0.15, 0.2) is 0 Å². The third-order valence-electron chi connectivity index (χ3n) is 5.15. The van der Waals surface area contributed by atoms with E-state index in [2.05, 4.69) is 26.2 Å². The van der Waals surface area contributed by atoms with Crippen LogP contribution in [-0.4, -0.2) is 29.8 Å². The molecule has 0 atom stereocenters. The lowest BCUT2D eigenvalue weighted by molar-refractivity contribution is -0.385. The van der Waals surface area contributed by atoms with Crippen LogP contribution in [0.4, 0.5) is 30.2 Å². The van der Waals surface area contributed by atoms with Gasteiger partial charge in [0.25, 0.3) is 11.6 Å². The standard InChI is InChI=1S/C22H21BrF3N5O3/c23-18(13-28-15-6-4-5-14(11-15)22(24,25)26)20(27)29-21(32)17-12-16(7-8-19(17)31(33)34)30-9-2-1-3-10-30/h4-8,11-13,28H,1-3,9-10H2,(H2,27,29,32)/b18-13+. The molecule has 2 aromatic carbocycles. The molecule has 1 heterocycles. The Morgan fingerprint density at radius 1 is 1.18 bits per heavy atom. The van der Waals surface area contributed by atoms with E-state index in [0.29, 0.717) is 5.69 Å². The number of alkyl halides is 3. The summed E-state index contributed by atoms with van der Waals surface area (Å²) >= 11 is 3.11.